The van der Waals surface area contributed by atoms with Crippen molar-refractivity contribution in [1.29, 1.82) is 0 Å². The van der Waals surface area contributed by atoms with Crippen molar-refractivity contribution in [2.24, 2.45) is 0 Å². The summed E-state index contributed by atoms with van der Waals surface area (Å²) in [6.07, 6.45) is 2.89. The van der Waals surface area contributed by atoms with Crippen molar-refractivity contribution in [3.63, 3.8) is 0 Å². The predicted molar refractivity (Wildman–Crippen MR) is 85.3 cm³/mol. The average molecular weight is 281 g/mol. The lowest BCUT2D eigenvalue weighted by Gasteiger charge is -2.25. The summed E-state index contributed by atoms with van der Waals surface area (Å²) in [6.45, 7) is 0. The number of nitrogens with two attached hydrogens (primary N) is 1. The number of benzene rings is 2. The van der Waals surface area contributed by atoms with Gasteiger partial charge in [-0.1, -0.05) is 24.3 Å². The predicted octanol–water partition coefficient (Wildman–Crippen LogP) is 2.95. The Hall–Kier alpha value is -2.49. The van der Waals surface area contributed by atoms with Crippen LogP contribution in [-0.2, 0) is 12.8 Å². The smallest absolute Gasteiger partial charge is 0.319 e. The summed E-state index contributed by atoms with van der Waals surface area (Å²) in [5.74, 6) is 0. The SMILES string of the molecule is Nc1ccc(NC(=O)NC2CCc3ccccc3C2)cc1. The summed E-state index contributed by atoms with van der Waals surface area (Å²) in [4.78, 5) is 12.0. The quantitative estimate of drug-likeness (QED) is 0.741. The molecule has 21 heavy (non-hydrogen) atoms. The summed E-state index contributed by atoms with van der Waals surface area (Å²) >= 11 is 0. The molecule has 0 spiro atoms. The number of hydrogen-bond donors (Lipinski definition) is 3. The van der Waals surface area contributed by atoms with Crippen molar-refractivity contribution in [2.75, 3.05) is 11.1 Å². The topological polar surface area (TPSA) is 67.1 Å². The molecule has 0 aliphatic heterocycles. The van der Waals surface area contributed by atoms with E-state index in [9.17, 15) is 4.79 Å². The van der Waals surface area contributed by atoms with Crippen LogP contribution in [0.1, 0.15) is 17.5 Å². The molecule has 0 heterocycles. The fourth-order valence-electron chi connectivity index (χ4n) is 2.74. The van der Waals surface area contributed by atoms with Gasteiger partial charge in [0.25, 0.3) is 0 Å². The first-order valence-corrected chi connectivity index (χ1v) is 7.20. The molecule has 2 aromatic rings. The number of nitrogens with one attached hydrogen (secondary N) is 2. The van der Waals surface area contributed by atoms with E-state index < -0.39 is 0 Å². The first-order chi connectivity index (χ1) is 10.2. The third-order valence-corrected chi connectivity index (χ3v) is 3.85. The van der Waals surface area contributed by atoms with Crippen LogP contribution in [-0.4, -0.2) is 12.1 Å². The maximum atomic E-state index is 12.0. The molecule has 0 aromatic heterocycles. The zero-order chi connectivity index (χ0) is 14.7. The van der Waals surface area contributed by atoms with Crippen molar-refractivity contribution in [2.45, 2.75) is 25.3 Å². The molecule has 1 aliphatic rings. The molecule has 0 bridgehead atoms. The van der Waals surface area contributed by atoms with Gasteiger partial charge >= 0.3 is 6.03 Å². The van der Waals surface area contributed by atoms with Crippen LogP contribution in [0.3, 0.4) is 0 Å². The summed E-state index contributed by atoms with van der Waals surface area (Å²) < 4.78 is 0. The van der Waals surface area contributed by atoms with Gasteiger partial charge in [-0.25, -0.2) is 4.79 Å². The molecule has 0 saturated heterocycles. The number of fused-ring (bicyclic) bond motifs is 1. The fourth-order valence-corrected chi connectivity index (χ4v) is 2.74. The van der Waals surface area contributed by atoms with Gasteiger partial charge in [-0.05, 0) is 54.7 Å². The first-order valence-electron chi connectivity index (χ1n) is 7.20. The van der Waals surface area contributed by atoms with Crippen molar-refractivity contribution in [1.82, 2.24) is 5.32 Å². The van der Waals surface area contributed by atoms with Crippen molar-refractivity contribution in [3.05, 3.63) is 59.7 Å². The van der Waals surface area contributed by atoms with Crippen LogP contribution in [0.5, 0.6) is 0 Å². The van der Waals surface area contributed by atoms with E-state index in [-0.39, 0.29) is 12.1 Å². The summed E-state index contributed by atoms with van der Waals surface area (Å²) in [5.41, 5.74) is 9.79. The highest BCUT2D eigenvalue weighted by molar-refractivity contribution is 5.89. The molecule has 4 nitrogen and oxygen atoms in total. The van der Waals surface area contributed by atoms with Crippen molar-refractivity contribution in [3.8, 4) is 0 Å². The molecule has 1 aliphatic carbocycles. The minimum Gasteiger partial charge on any atom is -0.399 e. The third-order valence-electron chi connectivity index (χ3n) is 3.85. The molecule has 108 valence electrons. The number of anilines is 2. The molecule has 4 N–H and O–H groups in total. The zero-order valence-electron chi connectivity index (χ0n) is 11.8. The van der Waals surface area contributed by atoms with E-state index in [1.165, 1.54) is 11.1 Å². The van der Waals surface area contributed by atoms with Crippen LogP contribution in [0.4, 0.5) is 16.2 Å². The van der Waals surface area contributed by atoms with E-state index in [1.807, 2.05) is 0 Å². The van der Waals surface area contributed by atoms with Gasteiger partial charge in [-0.3, -0.25) is 0 Å². The van der Waals surface area contributed by atoms with Gasteiger partial charge in [0.15, 0.2) is 0 Å². The highest BCUT2D eigenvalue weighted by atomic mass is 16.2. The van der Waals surface area contributed by atoms with Gasteiger partial charge in [0.1, 0.15) is 0 Å². The molecule has 0 fully saturated rings. The zero-order valence-corrected chi connectivity index (χ0v) is 11.8. The minimum atomic E-state index is -0.163. The van der Waals surface area contributed by atoms with Crippen LogP contribution in [0.15, 0.2) is 48.5 Å². The van der Waals surface area contributed by atoms with Crippen LogP contribution in [0.25, 0.3) is 0 Å². The molecule has 2 amide bonds. The van der Waals surface area contributed by atoms with E-state index in [0.717, 1.165) is 24.9 Å². The van der Waals surface area contributed by atoms with Gasteiger partial charge in [0.05, 0.1) is 0 Å². The number of aryl methyl sites for hydroxylation is 1. The average Bonchev–Trinajstić information content (AvgIpc) is 2.49. The van der Waals surface area contributed by atoms with Gasteiger partial charge in [-0.15, -0.1) is 0 Å². The summed E-state index contributed by atoms with van der Waals surface area (Å²) in [7, 11) is 0. The van der Waals surface area contributed by atoms with Crippen molar-refractivity contribution < 1.29 is 4.79 Å². The van der Waals surface area contributed by atoms with Gasteiger partial charge < -0.3 is 16.4 Å². The second-order valence-corrected chi connectivity index (χ2v) is 5.43. The van der Waals surface area contributed by atoms with E-state index >= 15 is 0 Å². The van der Waals surface area contributed by atoms with Crippen LogP contribution < -0.4 is 16.4 Å². The molecule has 0 saturated carbocycles. The number of carbonyl (C=O) groups is 1. The lowest BCUT2D eigenvalue weighted by atomic mass is 9.88. The monoisotopic (exact) mass is 281 g/mol. The minimum absolute atomic E-state index is 0.163. The van der Waals surface area contributed by atoms with E-state index in [1.54, 1.807) is 24.3 Å². The number of nitrogen functional groups attached to an aromatic ring is 1. The Morgan fingerprint density at radius 1 is 1.05 bits per heavy atom. The Bertz CT molecular complexity index is 637. The Labute approximate surface area is 124 Å². The maximum absolute atomic E-state index is 12.0. The first kappa shape index (κ1) is 13.5. The molecule has 0 radical (unpaired) electrons. The molecule has 4 heteroatoms. The maximum Gasteiger partial charge on any atom is 0.319 e. The molecular weight excluding hydrogens is 262 g/mol. The van der Waals surface area contributed by atoms with E-state index in [0.29, 0.717) is 5.69 Å². The van der Waals surface area contributed by atoms with Crippen LogP contribution >= 0.6 is 0 Å². The van der Waals surface area contributed by atoms with E-state index in [4.69, 9.17) is 5.73 Å². The number of urea groups is 1. The van der Waals surface area contributed by atoms with Gasteiger partial charge in [-0.2, -0.15) is 0 Å². The molecule has 1 atom stereocenters. The molecular formula is C17H19N3O. The van der Waals surface area contributed by atoms with Crippen LogP contribution in [0.2, 0.25) is 0 Å². The molecule has 2 aromatic carbocycles. The summed E-state index contributed by atoms with van der Waals surface area (Å²) in [6, 6.07) is 15.6. The van der Waals surface area contributed by atoms with Crippen LogP contribution in [0, 0.1) is 0 Å². The second-order valence-electron chi connectivity index (χ2n) is 5.43. The Morgan fingerprint density at radius 2 is 1.76 bits per heavy atom. The third kappa shape index (κ3) is 3.34. The second kappa shape index (κ2) is 5.87. The normalized spacial score (nSPS) is 16.9. The highest BCUT2D eigenvalue weighted by Gasteiger charge is 2.19. The largest absolute Gasteiger partial charge is 0.399 e. The Balaban J connectivity index is 1.57. The van der Waals surface area contributed by atoms with E-state index in [2.05, 4.69) is 34.9 Å². The number of amides is 2. The Morgan fingerprint density at radius 3 is 2.52 bits per heavy atom. The number of hydrogen-bond acceptors (Lipinski definition) is 2. The fraction of sp³-hybridized carbons (Fsp3) is 0.235. The summed E-state index contributed by atoms with van der Waals surface area (Å²) in [5, 5.41) is 5.88. The molecule has 1 unspecified atom stereocenters. The van der Waals surface area contributed by atoms with Gasteiger partial charge in [0, 0.05) is 17.4 Å². The number of carbonyl (C=O) groups excluding carboxylic acids is 1. The Kier molecular flexibility index (Phi) is 3.77. The molecule has 3 rings (SSSR count). The van der Waals surface area contributed by atoms with Crippen molar-refractivity contribution >= 4 is 17.4 Å². The highest BCUT2D eigenvalue weighted by Crippen LogP contribution is 2.21. The van der Waals surface area contributed by atoms with Gasteiger partial charge in [0.2, 0.25) is 0 Å². The lowest BCUT2D eigenvalue weighted by Crippen LogP contribution is -2.41. The standard InChI is InChI=1S/C17H19N3O/c18-14-6-9-15(10-7-14)19-17(21)20-16-8-5-12-3-1-2-4-13(12)11-16/h1-4,6-7,9-10,16H,5,8,11,18H2,(H2,19,20,21). The number of rotatable bonds is 2. The lowest BCUT2D eigenvalue weighted by molar-refractivity contribution is 0.247.